The van der Waals surface area contributed by atoms with Crippen LogP contribution in [0.4, 0.5) is 0 Å². The highest BCUT2D eigenvalue weighted by Crippen LogP contribution is 2.43. The van der Waals surface area contributed by atoms with Crippen molar-refractivity contribution in [3.05, 3.63) is 0 Å². The Labute approximate surface area is 176 Å². The van der Waals surface area contributed by atoms with Gasteiger partial charge in [-0.15, -0.1) is 11.6 Å². The van der Waals surface area contributed by atoms with E-state index >= 15 is 0 Å². The molecule has 2 aliphatic heterocycles. The summed E-state index contributed by atoms with van der Waals surface area (Å²) >= 11 is 6.32. The van der Waals surface area contributed by atoms with Gasteiger partial charge in [0.05, 0.1) is 0 Å². The van der Waals surface area contributed by atoms with Crippen LogP contribution in [0.1, 0.15) is 77.0 Å². The number of hydrogen-bond acceptors (Lipinski definition) is 3. The number of hydrogen-bond donors (Lipinski definition) is 2. The monoisotopic (exact) mass is 409 g/mol. The number of nitrogens with zero attached hydrogens (tertiary/aromatic N) is 1. The second-order valence-corrected chi connectivity index (χ2v) is 10.6. The first-order valence-corrected chi connectivity index (χ1v) is 12.5. The van der Waals surface area contributed by atoms with Crippen LogP contribution in [0.25, 0.3) is 0 Å². The van der Waals surface area contributed by atoms with E-state index < -0.39 is 0 Å². The van der Waals surface area contributed by atoms with E-state index in [-0.39, 0.29) is 5.91 Å². The number of halogens is 1. The first kappa shape index (κ1) is 20.9. The van der Waals surface area contributed by atoms with Crippen LogP contribution in [-0.4, -0.2) is 54.4 Å². The molecule has 5 heteroatoms. The first-order chi connectivity index (χ1) is 13.7. The molecule has 28 heavy (non-hydrogen) atoms. The molecule has 4 fully saturated rings. The highest BCUT2D eigenvalue weighted by molar-refractivity contribution is 6.20. The van der Waals surface area contributed by atoms with Crippen molar-refractivity contribution >= 4 is 17.5 Å². The normalized spacial score (nSPS) is 37.5. The molecule has 0 spiro atoms. The smallest absolute Gasteiger partial charge is 0.220 e. The molecule has 3 unspecified atom stereocenters. The Morgan fingerprint density at radius 2 is 1.75 bits per heavy atom. The van der Waals surface area contributed by atoms with Gasteiger partial charge in [0.15, 0.2) is 0 Å². The van der Waals surface area contributed by atoms with Crippen molar-refractivity contribution in [3.8, 4) is 0 Å². The number of nitrogens with one attached hydrogen (secondary N) is 2. The number of carbonyl (C=O) groups is 1. The zero-order valence-corrected chi connectivity index (χ0v) is 18.3. The van der Waals surface area contributed by atoms with E-state index in [9.17, 15) is 4.79 Å². The van der Waals surface area contributed by atoms with E-state index in [1.54, 1.807) is 0 Å². The molecule has 0 radical (unpaired) electrons. The average Bonchev–Trinajstić information content (AvgIpc) is 3.07. The van der Waals surface area contributed by atoms with E-state index in [1.807, 2.05) is 0 Å². The fourth-order valence-electron chi connectivity index (χ4n) is 6.45. The number of rotatable bonds is 6. The van der Waals surface area contributed by atoms with Crippen LogP contribution in [0.3, 0.4) is 0 Å². The first-order valence-electron chi connectivity index (χ1n) is 12.1. The van der Waals surface area contributed by atoms with Crippen LogP contribution in [0.2, 0.25) is 0 Å². The minimum atomic E-state index is 0.290. The van der Waals surface area contributed by atoms with Gasteiger partial charge >= 0.3 is 0 Å². The maximum Gasteiger partial charge on any atom is 0.220 e. The summed E-state index contributed by atoms with van der Waals surface area (Å²) in [6.07, 6.45) is 14.6. The van der Waals surface area contributed by atoms with Crippen molar-refractivity contribution in [1.82, 2.24) is 15.5 Å². The van der Waals surface area contributed by atoms with Gasteiger partial charge in [0.2, 0.25) is 5.91 Å². The molecule has 0 bridgehead atoms. The number of amides is 1. The van der Waals surface area contributed by atoms with Crippen molar-refractivity contribution < 1.29 is 4.79 Å². The van der Waals surface area contributed by atoms with Gasteiger partial charge in [-0.2, -0.15) is 0 Å². The van der Waals surface area contributed by atoms with Crippen LogP contribution in [0, 0.1) is 17.8 Å². The van der Waals surface area contributed by atoms with Crippen molar-refractivity contribution in [1.29, 1.82) is 0 Å². The van der Waals surface area contributed by atoms with Crippen LogP contribution >= 0.6 is 11.6 Å². The molecule has 160 valence electrons. The summed E-state index contributed by atoms with van der Waals surface area (Å²) in [6, 6.07) is 1.19. The third-order valence-corrected chi connectivity index (χ3v) is 8.48. The number of fused-ring (bicyclic) bond motifs is 1. The standard InChI is InChI=1S/C23H40ClN3O/c24-19-8-5-17(6-9-19)15-27-16-18(21-3-1-2-4-22(21)27)7-10-23(28)26-20-11-13-25-14-12-20/h17-22,25H,1-16H2,(H,26,28). The average molecular weight is 410 g/mol. The Kier molecular flexibility index (Phi) is 7.57. The van der Waals surface area contributed by atoms with Gasteiger partial charge in [0.1, 0.15) is 0 Å². The third-order valence-electron chi connectivity index (χ3n) is 8.04. The molecule has 2 N–H and O–H groups in total. The molecule has 0 aromatic heterocycles. The summed E-state index contributed by atoms with van der Waals surface area (Å²) < 4.78 is 0. The number of alkyl halides is 1. The van der Waals surface area contributed by atoms with Crippen LogP contribution < -0.4 is 10.6 Å². The van der Waals surface area contributed by atoms with Crippen molar-refractivity contribution in [3.63, 3.8) is 0 Å². The zero-order valence-electron chi connectivity index (χ0n) is 17.5. The van der Waals surface area contributed by atoms with Crippen LogP contribution in [0.15, 0.2) is 0 Å². The Morgan fingerprint density at radius 3 is 2.54 bits per heavy atom. The maximum atomic E-state index is 12.5. The maximum absolute atomic E-state index is 12.5. The Hall–Kier alpha value is -0.320. The largest absolute Gasteiger partial charge is 0.353 e. The topological polar surface area (TPSA) is 44.4 Å². The highest BCUT2D eigenvalue weighted by Gasteiger charge is 2.43. The van der Waals surface area contributed by atoms with Gasteiger partial charge in [-0.25, -0.2) is 0 Å². The Morgan fingerprint density at radius 1 is 1.00 bits per heavy atom. The van der Waals surface area contributed by atoms with Gasteiger partial charge in [0, 0.05) is 37.0 Å². The highest BCUT2D eigenvalue weighted by atomic mass is 35.5. The molecule has 4 rings (SSSR count). The summed E-state index contributed by atoms with van der Waals surface area (Å²) in [5.74, 6) is 2.70. The third kappa shape index (κ3) is 5.43. The van der Waals surface area contributed by atoms with Gasteiger partial charge < -0.3 is 10.6 Å². The Balaban J connectivity index is 1.26. The zero-order chi connectivity index (χ0) is 19.3. The van der Waals surface area contributed by atoms with E-state index in [0.717, 1.165) is 62.6 Å². The summed E-state index contributed by atoms with van der Waals surface area (Å²) in [5.41, 5.74) is 0. The van der Waals surface area contributed by atoms with E-state index in [4.69, 9.17) is 11.6 Å². The van der Waals surface area contributed by atoms with Gasteiger partial charge in [0.25, 0.3) is 0 Å². The second kappa shape index (κ2) is 10.1. The number of carbonyl (C=O) groups excluding carboxylic acids is 1. The molecule has 0 aromatic rings. The van der Waals surface area contributed by atoms with Crippen LogP contribution in [-0.2, 0) is 4.79 Å². The molecule has 3 atom stereocenters. The summed E-state index contributed by atoms with van der Waals surface area (Å²) in [7, 11) is 0. The fourth-order valence-corrected chi connectivity index (χ4v) is 6.70. The number of piperidine rings is 1. The molecule has 4 nitrogen and oxygen atoms in total. The molecule has 2 heterocycles. The van der Waals surface area contributed by atoms with E-state index in [0.29, 0.717) is 11.4 Å². The van der Waals surface area contributed by atoms with E-state index in [2.05, 4.69) is 15.5 Å². The minimum Gasteiger partial charge on any atom is -0.353 e. The lowest BCUT2D eigenvalue weighted by Crippen LogP contribution is -2.42. The summed E-state index contributed by atoms with van der Waals surface area (Å²) in [5, 5.41) is 7.08. The molecular weight excluding hydrogens is 370 g/mol. The minimum absolute atomic E-state index is 0.290. The molecular formula is C23H40ClN3O. The SMILES string of the molecule is O=C(CCC1CN(CC2CCC(Cl)CC2)C2CCCCC12)NC1CCNCC1. The van der Waals surface area contributed by atoms with Crippen molar-refractivity contribution in [2.24, 2.45) is 17.8 Å². The quantitative estimate of drug-likeness (QED) is 0.653. The van der Waals surface area contributed by atoms with Crippen molar-refractivity contribution in [2.75, 3.05) is 26.2 Å². The van der Waals surface area contributed by atoms with Crippen LogP contribution in [0.5, 0.6) is 0 Å². The summed E-state index contributed by atoms with van der Waals surface area (Å²) in [4.78, 5) is 15.3. The molecule has 2 saturated heterocycles. The number of likely N-dealkylation sites (tertiary alicyclic amines) is 1. The van der Waals surface area contributed by atoms with Gasteiger partial charge in [-0.05, 0) is 88.6 Å². The molecule has 2 saturated carbocycles. The predicted molar refractivity (Wildman–Crippen MR) is 116 cm³/mol. The molecule has 4 aliphatic rings. The van der Waals surface area contributed by atoms with Gasteiger partial charge in [-0.1, -0.05) is 12.8 Å². The lowest BCUT2D eigenvalue weighted by Gasteiger charge is -2.35. The molecule has 2 aliphatic carbocycles. The predicted octanol–water partition coefficient (Wildman–Crippen LogP) is 3.92. The second-order valence-electron chi connectivity index (χ2n) is 9.98. The lowest BCUT2D eigenvalue weighted by molar-refractivity contribution is -0.122. The molecule has 1 amide bonds. The summed E-state index contributed by atoms with van der Waals surface area (Å²) in [6.45, 7) is 4.59. The fraction of sp³-hybridized carbons (Fsp3) is 0.957. The van der Waals surface area contributed by atoms with Crippen molar-refractivity contribution in [2.45, 2.75) is 94.5 Å². The lowest BCUT2D eigenvalue weighted by atomic mass is 9.78. The van der Waals surface area contributed by atoms with Gasteiger partial charge in [-0.3, -0.25) is 9.69 Å². The van der Waals surface area contributed by atoms with E-state index in [1.165, 1.54) is 64.5 Å². The molecule has 0 aromatic carbocycles. The Bertz CT molecular complexity index is 502.